The summed E-state index contributed by atoms with van der Waals surface area (Å²) in [6.45, 7) is 0. The van der Waals surface area contributed by atoms with Crippen molar-refractivity contribution in [3.8, 4) is 0 Å². The van der Waals surface area contributed by atoms with Crippen molar-refractivity contribution in [2.75, 3.05) is 5.73 Å². The minimum atomic E-state index is -1.15. The normalized spacial score (nSPS) is 10.7. The minimum Gasteiger partial charge on any atom is -0.398 e. The first-order chi connectivity index (χ1) is 8.49. The first kappa shape index (κ1) is 12.8. The van der Waals surface area contributed by atoms with E-state index in [0.717, 1.165) is 18.2 Å². The van der Waals surface area contributed by atoms with Crippen LogP contribution in [0.1, 0.15) is 0 Å². The zero-order valence-corrected chi connectivity index (χ0v) is 9.70. The molecule has 0 fully saturated rings. The summed E-state index contributed by atoms with van der Waals surface area (Å²) in [4.78, 5) is -0.256. The van der Waals surface area contributed by atoms with Crippen LogP contribution in [0.5, 0.6) is 0 Å². The molecule has 0 amide bonds. The van der Waals surface area contributed by atoms with Crippen molar-refractivity contribution in [3.63, 3.8) is 0 Å². The maximum atomic E-state index is 13.5. The molecule has 2 aromatic rings. The third-order valence-electron chi connectivity index (χ3n) is 2.19. The lowest BCUT2D eigenvalue weighted by atomic mass is 10.3. The van der Waals surface area contributed by atoms with E-state index in [9.17, 15) is 17.6 Å². The van der Waals surface area contributed by atoms with Gasteiger partial charge in [0.2, 0.25) is 0 Å². The second kappa shape index (κ2) is 4.89. The fourth-order valence-corrected chi connectivity index (χ4v) is 2.20. The average Bonchev–Trinajstić information content (AvgIpc) is 2.32. The van der Waals surface area contributed by atoms with Crippen LogP contribution in [0.3, 0.4) is 0 Å². The monoisotopic (exact) mass is 273 g/mol. The summed E-state index contributed by atoms with van der Waals surface area (Å²) in [6.07, 6.45) is 0. The highest BCUT2D eigenvalue weighted by Gasteiger charge is 2.15. The molecule has 0 saturated carbocycles. The van der Waals surface area contributed by atoms with E-state index in [-0.39, 0.29) is 15.5 Å². The van der Waals surface area contributed by atoms with Gasteiger partial charge in [-0.2, -0.15) is 0 Å². The lowest BCUT2D eigenvalue weighted by molar-refractivity contribution is 0.492. The second-order valence-electron chi connectivity index (χ2n) is 3.46. The second-order valence-corrected chi connectivity index (χ2v) is 4.51. The summed E-state index contributed by atoms with van der Waals surface area (Å²) in [6, 6.07) is 4.89. The van der Waals surface area contributed by atoms with Crippen LogP contribution in [0.4, 0.5) is 23.2 Å². The molecule has 2 rings (SSSR count). The third-order valence-corrected chi connectivity index (χ3v) is 3.36. The first-order valence-corrected chi connectivity index (χ1v) is 5.67. The average molecular weight is 273 g/mol. The Kier molecular flexibility index (Phi) is 3.47. The van der Waals surface area contributed by atoms with Crippen LogP contribution < -0.4 is 5.73 Å². The van der Waals surface area contributed by atoms with Gasteiger partial charge in [0.1, 0.15) is 11.6 Å². The molecule has 2 N–H and O–H groups in total. The van der Waals surface area contributed by atoms with Crippen LogP contribution in [-0.4, -0.2) is 0 Å². The molecule has 0 aliphatic rings. The molecule has 0 saturated heterocycles. The fraction of sp³-hybridized carbons (Fsp3) is 0. The van der Waals surface area contributed by atoms with E-state index < -0.39 is 23.3 Å². The molecule has 6 heteroatoms. The van der Waals surface area contributed by atoms with Crippen LogP contribution in [0, 0.1) is 23.3 Å². The molecule has 18 heavy (non-hydrogen) atoms. The lowest BCUT2D eigenvalue weighted by Crippen LogP contribution is -1.96. The van der Waals surface area contributed by atoms with Crippen LogP contribution in [0.25, 0.3) is 0 Å². The van der Waals surface area contributed by atoms with E-state index in [0.29, 0.717) is 17.8 Å². The van der Waals surface area contributed by atoms with E-state index in [4.69, 9.17) is 5.73 Å². The topological polar surface area (TPSA) is 26.0 Å². The maximum Gasteiger partial charge on any atom is 0.174 e. The SMILES string of the molecule is Nc1ccc(F)c(F)c1Sc1ccc(F)cc1F. The molecule has 0 aliphatic carbocycles. The summed E-state index contributed by atoms with van der Waals surface area (Å²) in [5, 5.41) is 0. The van der Waals surface area contributed by atoms with Gasteiger partial charge in [-0.15, -0.1) is 0 Å². The maximum absolute atomic E-state index is 13.5. The van der Waals surface area contributed by atoms with Crippen molar-refractivity contribution >= 4 is 17.4 Å². The largest absolute Gasteiger partial charge is 0.398 e. The Hall–Kier alpha value is -1.69. The predicted octanol–water partition coefficient (Wildman–Crippen LogP) is 3.98. The Bertz CT molecular complexity index is 601. The van der Waals surface area contributed by atoms with Crippen molar-refractivity contribution in [1.29, 1.82) is 0 Å². The molecule has 0 radical (unpaired) electrons. The van der Waals surface area contributed by atoms with Gasteiger partial charge in [0.05, 0.1) is 4.90 Å². The van der Waals surface area contributed by atoms with Gasteiger partial charge in [-0.05, 0) is 24.3 Å². The predicted molar refractivity (Wildman–Crippen MR) is 61.3 cm³/mol. The molecule has 0 atom stereocenters. The van der Waals surface area contributed by atoms with Crippen LogP contribution in [0.15, 0.2) is 40.1 Å². The zero-order chi connectivity index (χ0) is 13.3. The third kappa shape index (κ3) is 2.43. The molecular formula is C12H7F4NS. The van der Waals surface area contributed by atoms with E-state index in [1.807, 2.05) is 0 Å². The number of rotatable bonds is 2. The van der Waals surface area contributed by atoms with Crippen LogP contribution >= 0.6 is 11.8 Å². The van der Waals surface area contributed by atoms with Gasteiger partial charge in [-0.1, -0.05) is 11.8 Å². The Morgan fingerprint density at radius 2 is 1.61 bits per heavy atom. The van der Waals surface area contributed by atoms with Crippen molar-refractivity contribution in [2.24, 2.45) is 0 Å². The number of hydrogen-bond acceptors (Lipinski definition) is 2. The molecule has 2 aromatic carbocycles. The Morgan fingerprint density at radius 3 is 2.28 bits per heavy atom. The molecule has 0 bridgehead atoms. The lowest BCUT2D eigenvalue weighted by Gasteiger charge is -2.08. The van der Waals surface area contributed by atoms with Crippen molar-refractivity contribution in [3.05, 3.63) is 53.6 Å². The Labute approximate surface area is 105 Å². The highest BCUT2D eigenvalue weighted by atomic mass is 32.2. The summed E-state index contributed by atoms with van der Waals surface area (Å²) in [7, 11) is 0. The highest BCUT2D eigenvalue weighted by Crippen LogP contribution is 2.36. The minimum absolute atomic E-state index is 0.0115. The fourth-order valence-electron chi connectivity index (χ4n) is 1.32. The molecule has 0 spiro atoms. The number of anilines is 1. The van der Waals surface area contributed by atoms with Gasteiger partial charge in [0, 0.05) is 16.6 Å². The van der Waals surface area contributed by atoms with Gasteiger partial charge >= 0.3 is 0 Å². The number of nitrogen functional groups attached to an aromatic ring is 1. The van der Waals surface area contributed by atoms with E-state index in [1.165, 1.54) is 6.07 Å². The Balaban J connectivity index is 2.43. The molecule has 0 aromatic heterocycles. The summed E-state index contributed by atoms with van der Waals surface area (Å²) >= 11 is 0.609. The van der Waals surface area contributed by atoms with E-state index in [1.54, 1.807) is 0 Å². The van der Waals surface area contributed by atoms with Gasteiger partial charge < -0.3 is 5.73 Å². The molecular weight excluding hydrogens is 266 g/mol. The summed E-state index contributed by atoms with van der Waals surface area (Å²) < 4.78 is 52.6. The summed E-state index contributed by atoms with van der Waals surface area (Å²) in [5.41, 5.74) is 5.48. The number of nitrogens with two attached hydrogens (primary N) is 1. The van der Waals surface area contributed by atoms with Crippen LogP contribution in [-0.2, 0) is 0 Å². The van der Waals surface area contributed by atoms with Crippen molar-refractivity contribution < 1.29 is 17.6 Å². The van der Waals surface area contributed by atoms with Gasteiger partial charge in [-0.3, -0.25) is 0 Å². The van der Waals surface area contributed by atoms with E-state index in [2.05, 4.69) is 0 Å². The molecule has 1 nitrogen and oxygen atoms in total. The van der Waals surface area contributed by atoms with Crippen LogP contribution in [0.2, 0.25) is 0 Å². The molecule has 0 aliphatic heterocycles. The van der Waals surface area contributed by atoms with Gasteiger partial charge in [0.15, 0.2) is 11.6 Å². The molecule has 0 unspecified atom stereocenters. The first-order valence-electron chi connectivity index (χ1n) is 4.85. The molecule has 0 heterocycles. The van der Waals surface area contributed by atoms with E-state index >= 15 is 0 Å². The van der Waals surface area contributed by atoms with Gasteiger partial charge in [0.25, 0.3) is 0 Å². The quantitative estimate of drug-likeness (QED) is 0.661. The van der Waals surface area contributed by atoms with Gasteiger partial charge in [-0.25, -0.2) is 17.6 Å². The smallest absolute Gasteiger partial charge is 0.174 e. The number of benzene rings is 2. The van der Waals surface area contributed by atoms with Crippen molar-refractivity contribution in [1.82, 2.24) is 0 Å². The zero-order valence-electron chi connectivity index (χ0n) is 8.88. The molecule has 94 valence electrons. The number of halogens is 4. The van der Waals surface area contributed by atoms with Crippen molar-refractivity contribution in [2.45, 2.75) is 9.79 Å². The standard InChI is InChI=1S/C12H7F4NS/c13-6-1-4-10(8(15)5-6)18-12-9(17)3-2-7(14)11(12)16/h1-5H,17H2. The number of hydrogen-bond donors (Lipinski definition) is 1. The summed E-state index contributed by atoms with van der Waals surface area (Å²) in [5.74, 6) is -3.83. The highest BCUT2D eigenvalue weighted by molar-refractivity contribution is 7.99. The Morgan fingerprint density at radius 1 is 0.889 bits per heavy atom.